The number of hydrogen-bond donors (Lipinski definition) is 1. The van der Waals surface area contributed by atoms with E-state index < -0.39 is 0 Å². The highest BCUT2D eigenvalue weighted by Crippen LogP contribution is 2.32. The van der Waals surface area contributed by atoms with Crippen LogP contribution in [0.25, 0.3) is 0 Å². The highest BCUT2D eigenvalue weighted by molar-refractivity contribution is 7.13. The van der Waals surface area contributed by atoms with Gasteiger partial charge in [0, 0.05) is 31.0 Å². The number of rotatable bonds is 6. The van der Waals surface area contributed by atoms with Crippen molar-refractivity contribution in [1.29, 1.82) is 0 Å². The Morgan fingerprint density at radius 2 is 2.33 bits per heavy atom. The highest BCUT2D eigenvalue weighted by Gasteiger charge is 2.31. The van der Waals surface area contributed by atoms with Crippen LogP contribution in [0, 0.1) is 6.92 Å². The van der Waals surface area contributed by atoms with E-state index in [4.69, 9.17) is 9.51 Å². The maximum Gasteiger partial charge on any atom is 0.227 e. The Morgan fingerprint density at radius 1 is 1.41 bits per heavy atom. The van der Waals surface area contributed by atoms with Gasteiger partial charge in [0.05, 0.1) is 11.7 Å². The predicted molar refractivity (Wildman–Crippen MR) is 101 cm³/mol. The lowest BCUT2D eigenvalue weighted by atomic mass is 10.1. The zero-order valence-corrected chi connectivity index (χ0v) is 15.8. The lowest BCUT2D eigenvalue weighted by molar-refractivity contribution is -0.132. The Bertz CT molecular complexity index is 910. The Hall–Kier alpha value is -2.81. The second kappa shape index (κ2) is 7.83. The number of amides is 1. The second-order valence-electron chi connectivity index (χ2n) is 6.39. The van der Waals surface area contributed by atoms with Crippen LogP contribution in [0.1, 0.15) is 42.7 Å². The molecule has 0 spiro atoms. The van der Waals surface area contributed by atoms with Crippen LogP contribution in [0.3, 0.4) is 0 Å². The summed E-state index contributed by atoms with van der Waals surface area (Å²) in [5.41, 5.74) is 0.899. The number of carbonyl (C=O) groups is 1. The van der Waals surface area contributed by atoms with Gasteiger partial charge in [0.1, 0.15) is 5.82 Å². The fraction of sp³-hybridized carbons (Fsp3) is 0.389. The van der Waals surface area contributed by atoms with Gasteiger partial charge in [0.25, 0.3) is 0 Å². The van der Waals surface area contributed by atoms with Crippen molar-refractivity contribution in [1.82, 2.24) is 25.0 Å². The molecule has 0 bridgehead atoms. The molecule has 8 nitrogen and oxygen atoms in total. The molecule has 1 atom stereocenters. The second-order valence-corrected chi connectivity index (χ2v) is 7.29. The average molecular weight is 384 g/mol. The highest BCUT2D eigenvalue weighted by atomic mass is 32.1. The molecule has 140 valence electrons. The number of aryl methyl sites for hydroxylation is 2. The van der Waals surface area contributed by atoms with Crippen molar-refractivity contribution in [3.05, 3.63) is 47.2 Å². The standard InChI is InChI=1S/C18H20N6O2S/c1-12-20-16(26-23-12)7-8-17(25)24-10-3-5-14(24)13-4-2-6-15(21-13)22-18-19-9-11-27-18/h2,4,6,9,11,14H,3,5,7-8,10H2,1H3,(H,19,21,22). The van der Waals surface area contributed by atoms with Gasteiger partial charge in [-0.15, -0.1) is 11.3 Å². The number of likely N-dealkylation sites (tertiary alicyclic amines) is 1. The first-order valence-electron chi connectivity index (χ1n) is 8.91. The number of hydrogen-bond acceptors (Lipinski definition) is 8. The van der Waals surface area contributed by atoms with Crippen LogP contribution in [0.15, 0.2) is 34.3 Å². The maximum atomic E-state index is 12.7. The van der Waals surface area contributed by atoms with E-state index in [1.54, 1.807) is 13.1 Å². The van der Waals surface area contributed by atoms with Gasteiger partial charge in [-0.25, -0.2) is 9.97 Å². The van der Waals surface area contributed by atoms with Crippen LogP contribution in [-0.2, 0) is 11.2 Å². The van der Waals surface area contributed by atoms with Gasteiger partial charge >= 0.3 is 0 Å². The predicted octanol–water partition coefficient (Wildman–Crippen LogP) is 3.27. The van der Waals surface area contributed by atoms with Crippen molar-refractivity contribution >= 4 is 28.2 Å². The fourth-order valence-corrected chi connectivity index (χ4v) is 3.81. The molecule has 1 unspecified atom stereocenters. The monoisotopic (exact) mass is 384 g/mol. The van der Waals surface area contributed by atoms with Crippen LogP contribution < -0.4 is 5.32 Å². The first-order valence-corrected chi connectivity index (χ1v) is 9.79. The summed E-state index contributed by atoms with van der Waals surface area (Å²) in [4.78, 5) is 27.7. The Kier molecular flexibility index (Phi) is 5.10. The third-order valence-corrected chi connectivity index (χ3v) is 5.16. The maximum absolute atomic E-state index is 12.7. The van der Waals surface area contributed by atoms with Gasteiger partial charge < -0.3 is 14.7 Å². The van der Waals surface area contributed by atoms with E-state index in [2.05, 4.69) is 20.4 Å². The quantitative estimate of drug-likeness (QED) is 0.696. The summed E-state index contributed by atoms with van der Waals surface area (Å²) >= 11 is 1.52. The van der Waals surface area contributed by atoms with E-state index in [1.807, 2.05) is 28.5 Å². The smallest absolute Gasteiger partial charge is 0.227 e. The number of pyridine rings is 1. The Labute approximate surface area is 160 Å². The molecule has 1 fully saturated rings. The largest absolute Gasteiger partial charge is 0.339 e. The van der Waals surface area contributed by atoms with E-state index in [-0.39, 0.29) is 11.9 Å². The topological polar surface area (TPSA) is 97.0 Å². The van der Waals surface area contributed by atoms with Crippen LogP contribution in [0.5, 0.6) is 0 Å². The summed E-state index contributed by atoms with van der Waals surface area (Å²) in [6.07, 6.45) is 4.46. The molecule has 9 heteroatoms. The van der Waals surface area contributed by atoms with Crippen molar-refractivity contribution < 1.29 is 9.32 Å². The minimum Gasteiger partial charge on any atom is -0.339 e. The molecule has 4 rings (SSSR count). The summed E-state index contributed by atoms with van der Waals surface area (Å²) in [7, 11) is 0. The fourth-order valence-electron chi connectivity index (χ4n) is 3.27. The molecule has 0 aromatic carbocycles. The van der Waals surface area contributed by atoms with E-state index in [0.717, 1.165) is 36.0 Å². The molecule has 1 aliphatic heterocycles. The van der Waals surface area contributed by atoms with Crippen LogP contribution in [0.2, 0.25) is 0 Å². The molecule has 1 saturated heterocycles. The molecule has 0 saturated carbocycles. The Balaban J connectivity index is 1.43. The molecule has 1 aliphatic rings. The molecular formula is C18H20N6O2S. The number of thiazole rings is 1. The van der Waals surface area contributed by atoms with E-state index >= 15 is 0 Å². The summed E-state index contributed by atoms with van der Waals surface area (Å²) < 4.78 is 5.10. The van der Waals surface area contributed by atoms with Crippen molar-refractivity contribution in [2.75, 3.05) is 11.9 Å². The third kappa shape index (κ3) is 4.13. The molecule has 4 heterocycles. The first kappa shape index (κ1) is 17.6. The zero-order chi connectivity index (χ0) is 18.6. The van der Waals surface area contributed by atoms with Gasteiger partial charge in [-0.3, -0.25) is 4.79 Å². The van der Waals surface area contributed by atoms with Crippen LogP contribution in [0.4, 0.5) is 10.9 Å². The average Bonchev–Trinajstić information content (AvgIpc) is 3.42. The van der Waals surface area contributed by atoms with E-state index in [9.17, 15) is 4.79 Å². The van der Waals surface area contributed by atoms with Gasteiger partial charge in [0.2, 0.25) is 11.8 Å². The van der Waals surface area contributed by atoms with Crippen molar-refractivity contribution in [3.63, 3.8) is 0 Å². The lowest BCUT2D eigenvalue weighted by Gasteiger charge is -2.24. The molecule has 0 aliphatic carbocycles. The van der Waals surface area contributed by atoms with E-state index in [1.165, 1.54) is 11.3 Å². The third-order valence-electron chi connectivity index (χ3n) is 4.47. The Morgan fingerprint density at radius 3 is 3.11 bits per heavy atom. The van der Waals surface area contributed by atoms with E-state index in [0.29, 0.717) is 24.6 Å². The summed E-state index contributed by atoms with van der Waals surface area (Å²) in [6, 6.07) is 5.84. The minimum atomic E-state index is -0.0000313. The molecule has 3 aromatic rings. The number of aromatic nitrogens is 4. The van der Waals surface area contributed by atoms with Gasteiger partial charge in [-0.2, -0.15) is 4.98 Å². The van der Waals surface area contributed by atoms with Crippen molar-refractivity contribution in [2.24, 2.45) is 0 Å². The van der Waals surface area contributed by atoms with Crippen LogP contribution in [-0.4, -0.2) is 37.5 Å². The van der Waals surface area contributed by atoms with Crippen molar-refractivity contribution in [2.45, 2.75) is 38.6 Å². The summed E-state index contributed by atoms with van der Waals surface area (Å²) in [6.45, 7) is 2.52. The molecule has 1 N–H and O–H groups in total. The van der Waals surface area contributed by atoms with Gasteiger partial charge in [-0.05, 0) is 31.9 Å². The molecule has 27 heavy (non-hydrogen) atoms. The zero-order valence-electron chi connectivity index (χ0n) is 15.0. The number of anilines is 2. The van der Waals surface area contributed by atoms with Crippen molar-refractivity contribution in [3.8, 4) is 0 Å². The number of carbonyl (C=O) groups excluding carboxylic acids is 1. The molecular weight excluding hydrogens is 364 g/mol. The summed E-state index contributed by atoms with van der Waals surface area (Å²) in [5, 5.41) is 9.68. The molecule has 1 amide bonds. The first-order chi connectivity index (χ1) is 13.2. The van der Waals surface area contributed by atoms with Gasteiger partial charge in [-0.1, -0.05) is 11.2 Å². The lowest BCUT2D eigenvalue weighted by Crippen LogP contribution is -2.31. The molecule has 0 radical (unpaired) electrons. The summed E-state index contributed by atoms with van der Waals surface area (Å²) in [5.74, 6) is 1.92. The van der Waals surface area contributed by atoms with Crippen LogP contribution >= 0.6 is 11.3 Å². The number of nitrogens with zero attached hydrogens (tertiary/aromatic N) is 5. The minimum absolute atomic E-state index is 0.0000313. The van der Waals surface area contributed by atoms with Gasteiger partial charge in [0.15, 0.2) is 11.0 Å². The molecule has 3 aromatic heterocycles. The number of nitrogens with one attached hydrogen (secondary N) is 1. The SMILES string of the molecule is Cc1noc(CCC(=O)N2CCCC2c2cccc(Nc3nccs3)n2)n1. The normalized spacial score (nSPS) is 16.6.